The van der Waals surface area contributed by atoms with Gasteiger partial charge in [0.25, 0.3) is 5.89 Å². The maximum atomic E-state index is 10.8. The van der Waals surface area contributed by atoms with Crippen molar-refractivity contribution in [3.05, 3.63) is 41.8 Å². The highest BCUT2D eigenvalue weighted by Gasteiger charge is 2.09. The smallest absolute Gasteiger partial charge is 0.335 e. The van der Waals surface area contributed by atoms with Crippen LogP contribution in [0, 0.1) is 0 Å². The van der Waals surface area contributed by atoms with Crippen LogP contribution in [0.3, 0.4) is 0 Å². The van der Waals surface area contributed by atoms with E-state index in [-0.39, 0.29) is 5.56 Å². The van der Waals surface area contributed by atoms with E-state index < -0.39 is 5.97 Å². The zero-order valence-corrected chi connectivity index (χ0v) is 9.12. The van der Waals surface area contributed by atoms with Crippen molar-refractivity contribution in [2.75, 3.05) is 0 Å². The molecule has 86 valence electrons. The lowest BCUT2D eigenvalue weighted by Gasteiger charge is -1.96. The van der Waals surface area contributed by atoms with Gasteiger partial charge in [0.2, 0.25) is 5.82 Å². The molecule has 0 spiro atoms. The van der Waals surface area contributed by atoms with Gasteiger partial charge in [-0.3, -0.25) is 0 Å². The molecule has 0 aliphatic rings. The Balaban J connectivity index is 2.38. The van der Waals surface area contributed by atoms with Crippen LogP contribution >= 0.6 is 0 Å². The lowest BCUT2D eigenvalue weighted by Crippen LogP contribution is -1.96. The number of rotatable bonds is 3. The number of aromatic nitrogens is 2. The molecule has 1 aromatic carbocycles. The molecule has 0 aliphatic heterocycles. The summed E-state index contributed by atoms with van der Waals surface area (Å²) in [7, 11) is 0. The summed E-state index contributed by atoms with van der Waals surface area (Å²) < 4.78 is 4.96. The van der Waals surface area contributed by atoms with Crippen LogP contribution in [0.4, 0.5) is 0 Å². The number of hydrogen-bond donors (Lipinski definition) is 1. The van der Waals surface area contributed by atoms with Crippen LogP contribution in [0.5, 0.6) is 0 Å². The third kappa shape index (κ3) is 2.39. The van der Waals surface area contributed by atoms with Crippen molar-refractivity contribution >= 4 is 12.0 Å². The number of hydrogen-bond acceptors (Lipinski definition) is 4. The summed E-state index contributed by atoms with van der Waals surface area (Å²) >= 11 is 0. The third-order valence-corrected chi connectivity index (χ3v) is 2.12. The SMILES string of the molecule is CC=Cc1nc(-c2cccc(C(=O)O)c2)no1. The van der Waals surface area contributed by atoms with Crippen molar-refractivity contribution in [1.29, 1.82) is 0 Å². The summed E-state index contributed by atoms with van der Waals surface area (Å²) in [6, 6.07) is 6.40. The van der Waals surface area contributed by atoms with Crippen molar-refractivity contribution in [2.45, 2.75) is 6.92 Å². The molecule has 0 amide bonds. The number of allylic oxidation sites excluding steroid dienone is 1. The van der Waals surface area contributed by atoms with Gasteiger partial charge in [-0.2, -0.15) is 4.98 Å². The zero-order chi connectivity index (χ0) is 12.3. The van der Waals surface area contributed by atoms with Crippen LogP contribution in [0.15, 0.2) is 34.9 Å². The molecule has 2 aromatic rings. The van der Waals surface area contributed by atoms with E-state index in [2.05, 4.69) is 10.1 Å². The predicted octanol–water partition coefficient (Wildman–Crippen LogP) is 2.47. The van der Waals surface area contributed by atoms with Crippen LogP contribution in [-0.4, -0.2) is 21.2 Å². The van der Waals surface area contributed by atoms with E-state index in [4.69, 9.17) is 9.63 Å². The second-order valence-corrected chi connectivity index (χ2v) is 3.34. The highest BCUT2D eigenvalue weighted by atomic mass is 16.5. The van der Waals surface area contributed by atoms with Gasteiger partial charge in [-0.15, -0.1) is 0 Å². The minimum atomic E-state index is -0.982. The number of benzene rings is 1. The van der Waals surface area contributed by atoms with Crippen molar-refractivity contribution in [3.63, 3.8) is 0 Å². The van der Waals surface area contributed by atoms with E-state index in [0.29, 0.717) is 17.3 Å². The summed E-state index contributed by atoms with van der Waals surface area (Å²) in [6.45, 7) is 1.84. The molecule has 0 atom stereocenters. The van der Waals surface area contributed by atoms with Gasteiger partial charge >= 0.3 is 5.97 Å². The molecule has 0 saturated carbocycles. The van der Waals surface area contributed by atoms with Crippen LogP contribution in [0.25, 0.3) is 17.5 Å². The predicted molar refractivity (Wildman–Crippen MR) is 61.4 cm³/mol. The Morgan fingerprint density at radius 3 is 3.00 bits per heavy atom. The molecule has 0 bridgehead atoms. The van der Waals surface area contributed by atoms with Gasteiger partial charge in [-0.25, -0.2) is 4.79 Å². The second-order valence-electron chi connectivity index (χ2n) is 3.34. The molecule has 2 rings (SSSR count). The third-order valence-electron chi connectivity index (χ3n) is 2.12. The molecule has 0 unspecified atom stereocenters. The van der Waals surface area contributed by atoms with Gasteiger partial charge in [-0.1, -0.05) is 23.4 Å². The number of carboxylic acids is 1. The zero-order valence-electron chi connectivity index (χ0n) is 9.12. The first kappa shape index (κ1) is 11.1. The number of carboxylic acid groups (broad SMARTS) is 1. The summed E-state index contributed by atoms with van der Waals surface area (Å²) in [6.07, 6.45) is 3.46. The molecule has 5 heteroatoms. The highest BCUT2D eigenvalue weighted by Crippen LogP contribution is 2.17. The van der Waals surface area contributed by atoms with E-state index >= 15 is 0 Å². The Morgan fingerprint density at radius 2 is 2.29 bits per heavy atom. The first-order valence-electron chi connectivity index (χ1n) is 5.01. The minimum Gasteiger partial charge on any atom is -0.478 e. The topological polar surface area (TPSA) is 76.2 Å². The quantitative estimate of drug-likeness (QED) is 0.876. The van der Waals surface area contributed by atoms with Crippen molar-refractivity contribution in [3.8, 4) is 11.4 Å². The van der Waals surface area contributed by atoms with E-state index in [1.807, 2.05) is 6.92 Å². The largest absolute Gasteiger partial charge is 0.478 e. The van der Waals surface area contributed by atoms with Crippen molar-refractivity contribution in [2.24, 2.45) is 0 Å². The lowest BCUT2D eigenvalue weighted by molar-refractivity contribution is 0.0697. The van der Waals surface area contributed by atoms with Gasteiger partial charge in [-0.05, 0) is 25.1 Å². The van der Waals surface area contributed by atoms with E-state index in [0.717, 1.165) is 0 Å². The summed E-state index contributed by atoms with van der Waals surface area (Å²) in [5, 5.41) is 12.6. The van der Waals surface area contributed by atoms with Gasteiger partial charge in [0.1, 0.15) is 0 Å². The molecule has 0 saturated heterocycles. The first-order valence-corrected chi connectivity index (χ1v) is 5.01. The van der Waals surface area contributed by atoms with E-state index in [1.54, 1.807) is 24.3 Å². The second kappa shape index (κ2) is 4.61. The van der Waals surface area contributed by atoms with Gasteiger partial charge in [0, 0.05) is 5.56 Å². The Labute approximate surface area is 97.4 Å². The molecule has 0 aliphatic carbocycles. The fourth-order valence-electron chi connectivity index (χ4n) is 1.35. The summed E-state index contributed by atoms with van der Waals surface area (Å²) in [5.74, 6) is -0.214. The van der Waals surface area contributed by atoms with Crippen molar-refractivity contribution < 1.29 is 14.4 Å². The molecule has 1 aromatic heterocycles. The van der Waals surface area contributed by atoms with Gasteiger partial charge < -0.3 is 9.63 Å². The normalized spacial score (nSPS) is 10.9. The van der Waals surface area contributed by atoms with E-state index in [1.165, 1.54) is 12.1 Å². The lowest BCUT2D eigenvalue weighted by atomic mass is 10.1. The standard InChI is InChI=1S/C12H10N2O3/c1-2-4-10-13-11(14-17-10)8-5-3-6-9(7-8)12(15)16/h2-7H,1H3,(H,15,16). The Bertz CT molecular complexity index is 573. The molecule has 0 radical (unpaired) electrons. The molecule has 1 heterocycles. The maximum absolute atomic E-state index is 10.8. The van der Waals surface area contributed by atoms with E-state index in [9.17, 15) is 4.79 Å². The Kier molecular flexibility index (Phi) is 3.00. The number of nitrogens with zero attached hydrogens (tertiary/aromatic N) is 2. The maximum Gasteiger partial charge on any atom is 0.335 e. The Hall–Kier alpha value is -2.43. The van der Waals surface area contributed by atoms with Gasteiger partial charge in [0.05, 0.1) is 5.56 Å². The minimum absolute atomic E-state index is 0.194. The molecular formula is C12H10N2O3. The molecule has 1 N–H and O–H groups in total. The number of carbonyl (C=O) groups is 1. The first-order chi connectivity index (χ1) is 8.20. The summed E-state index contributed by atoms with van der Waals surface area (Å²) in [5.41, 5.74) is 0.810. The summed E-state index contributed by atoms with van der Waals surface area (Å²) in [4.78, 5) is 14.9. The van der Waals surface area contributed by atoms with Crippen LogP contribution < -0.4 is 0 Å². The fourth-order valence-corrected chi connectivity index (χ4v) is 1.35. The Morgan fingerprint density at radius 1 is 1.47 bits per heavy atom. The van der Waals surface area contributed by atoms with Crippen LogP contribution in [0.2, 0.25) is 0 Å². The van der Waals surface area contributed by atoms with Gasteiger partial charge in [0.15, 0.2) is 0 Å². The number of aromatic carboxylic acids is 1. The van der Waals surface area contributed by atoms with Crippen LogP contribution in [0.1, 0.15) is 23.2 Å². The fraction of sp³-hybridized carbons (Fsp3) is 0.0833. The molecular weight excluding hydrogens is 220 g/mol. The monoisotopic (exact) mass is 230 g/mol. The average Bonchev–Trinajstić information content (AvgIpc) is 2.78. The van der Waals surface area contributed by atoms with Crippen molar-refractivity contribution in [1.82, 2.24) is 10.1 Å². The molecule has 17 heavy (non-hydrogen) atoms. The average molecular weight is 230 g/mol. The van der Waals surface area contributed by atoms with Crippen LogP contribution in [-0.2, 0) is 0 Å². The molecule has 0 fully saturated rings. The highest BCUT2D eigenvalue weighted by molar-refractivity contribution is 5.89. The molecule has 5 nitrogen and oxygen atoms in total.